The van der Waals surface area contributed by atoms with Crippen LogP contribution in [0.1, 0.15) is 26.3 Å². The molecule has 0 saturated heterocycles. The molecule has 3 heteroatoms. The predicted molar refractivity (Wildman–Crippen MR) is 83.0 cm³/mol. The molecular weight excluding hydrogens is 248 g/mol. The van der Waals surface area contributed by atoms with Crippen LogP contribution in [0.25, 0.3) is 0 Å². The fourth-order valence-electron chi connectivity index (χ4n) is 1.69. The van der Waals surface area contributed by atoms with Gasteiger partial charge in [0.05, 0.1) is 0 Å². The molecule has 0 spiro atoms. The Labute approximate surface area is 121 Å². The molecule has 0 amide bonds. The van der Waals surface area contributed by atoms with Crippen molar-refractivity contribution in [1.82, 2.24) is 4.98 Å². The number of nitrogens with one attached hydrogen (secondary N) is 1. The highest BCUT2D eigenvalue weighted by Gasteiger charge is 2.09. The van der Waals surface area contributed by atoms with Crippen molar-refractivity contribution < 1.29 is 4.74 Å². The van der Waals surface area contributed by atoms with Gasteiger partial charge in [0.25, 0.3) is 0 Å². The summed E-state index contributed by atoms with van der Waals surface area (Å²) in [5, 5.41) is 3.42. The predicted octanol–water partition coefficient (Wildman–Crippen LogP) is 4.12. The monoisotopic (exact) mass is 270 g/mol. The van der Waals surface area contributed by atoms with Gasteiger partial charge in [0.15, 0.2) is 0 Å². The first kappa shape index (κ1) is 14.4. The molecule has 1 N–H and O–H groups in total. The molecule has 0 aliphatic rings. The van der Waals surface area contributed by atoms with Crippen molar-refractivity contribution in [3.63, 3.8) is 0 Å². The lowest BCUT2D eigenvalue weighted by atomic mass is 9.97. The zero-order valence-corrected chi connectivity index (χ0v) is 12.4. The van der Waals surface area contributed by atoms with Gasteiger partial charge >= 0.3 is 0 Å². The van der Waals surface area contributed by atoms with Gasteiger partial charge in [0.2, 0.25) is 0 Å². The molecule has 0 aliphatic heterocycles. The van der Waals surface area contributed by atoms with E-state index < -0.39 is 0 Å². The number of hydrogen-bond donors (Lipinski definition) is 1. The Morgan fingerprint density at radius 2 is 1.85 bits per heavy atom. The molecule has 0 bridgehead atoms. The first-order valence-electron chi connectivity index (χ1n) is 6.89. The Morgan fingerprint density at radius 1 is 1.10 bits per heavy atom. The molecule has 3 nitrogen and oxygen atoms in total. The summed E-state index contributed by atoms with van der Waals surface area (Å²) in [6, 6.07) is 12.0. The van der Waals surface area contributed by atoms with Crippen LogP contribution in [0, 0.1) is 5.41 Å². The van der Waals surface area contributed by atoms with Gasteiger partial charge in [-0.05, 0) is 35.7 Å². The van der Waals surface area contributed by atoms with Gasteiger partial charge in [-0.1, -0.05) is 26.8 Å². The van der Waals surface area contributed by atoms with E-state index in [9.17, 15) is 0 Å². The van der Waals surface area contributed by atoms with E-state index in [1.54, 1.807) is 6.20 Å². The summed E-state index contributed by atoms with van der Waals surface area (Å²) >= 11 is 0. The highest BCUT2D eigenvalue weighted by molar-refractivity contribution is 5.46. The van der Waals surface area contributed by atoms with Gasteiger partial charge in [0.1, 0.15) is 12.4 Å². The highest BCUT2D eigenvalue weighted by atomic mass is 16.5. The summed E-state index contributed by atoms with van der Waals surface area (Å²) in [5.41, 5.74) is 2.46. The third-order valence-corrected chi connectivity index (χ3v) is 2.81. The minimum absolute atomic E-state index is 0.273. The molecule has 2 aromatic rings. The number of hydrogen-bond acceptors (Lipinski definition) is 3. The summed E-state index contributed by atoms with van der Waals surface area (Å²) in [7, 11) is 0. The lowest BCUT2D eigenvalue weighted by molar-refractivity contribution is 0.306. The van der Waals surface area contributed by atoms with E-state index in [2.05, 4.69) is 31.1 Å². The maximum absolute atomic E-state index is 5.72. The fraction of sp³-hybridized carbons (Fsp3) is 0.353. The molecule has 0 fully saturated rings. The minimum atomic E-state index is 0.273. The van der Waals surface area contributed by atoms with Gasteiger partial charge < -0.3 is 10.1 Å². The Balaban J connectivity index is 1.85. The van der Waals surface area contributed by atoms with Gasteiger partial charge in [-0.2, -0.15) is 0 Å². The maximum atomic E-state index is 5.72. The number of ether oxygens (including phenoxy) is 1. The van der Waals surface area contributed by atoms with Crippen LogP contribution in [-0.2, 0) is 6.61 Å². The highest BCUT2D eigenvalue weighted by Crippen LogP contribution is 2.19. The van der Waals surface area contributed by atoms with Crippen LogP contribution < -0.4 is 10.1 Å². The van der Waals surface area contributed by atoms with Crippen LogP contribution in [0.15, 0.2) is 48.8 Å². The number of aromatic nitrogens is 1. The van der Waals surface area contributed by atoms with E-state index in [1.165, 1.54) is 0 Å². The summed E-state index contributed by atoms with van der Waals surface area (Å²) in [6.45, 7) is 8.13. The molecule has 0 saturated carbocycles. The Morgan fingerprint density at radius 3 is 2.45 bits per heavy atom. The first-order chi connectivity index (χ1) is 9.53. The summed E-state index contributed by atoms with van der Waals surface area (Å²) < 4.78 is 5.72. The average molecular weight is 270 g/mol. The minimum Gasteiger partial charge on any atom is -0.489 e. The molecule has 1 aromatic heterocycles. The summed E-state index contributed by atoms with van der Waals surface area (Å²) in [4.78, 5) is 4.07. The van der Waals surface area contributed by atoms with Crippen molar-refractivity contribution in [3.8, 4) is 5.75 Å². The van der Waals surface area contributed by atoms with Crippen molar-refractivity contribution in [2.45, 2.75) is 27.4 Å². The smallest absolute Gasteiger partial charge is 0.119 e. The van der Waals surface area contributed by atoms with Crippen molar-refractivity contribution in [2.24, 2.45) is 5.41 Å². The molecule has 20 heavy (non-hydrogen) atoms. The van der Waals surface area contributed by atoms with E-state index >= 15 is 0 Å². The molecular formula is C17H22N2O. The number of anilines is 1. The van der Waals surface area contributed by atoms with Gasteiger partial charge in [-0.3, -0.25) is 4.98 Å². The van der Waals surface area contributed by atoms with E-state index in [0.29, 0.717) is 6.61 Å². The SMILES string of the molecule is CC(C)(C)CNc1ccc(OCc2cccnc2)cc1. The van der Waals surface area contributed by atoms with Gasteiger partial charge in [-0.25, -0.2) is 0 Å². The van der Waals surface area contributed by atoms with E-state index in [4.69, 9.17) is 4.74 Å². The lowest BCUT2D eigenvalue weighted by Gasteiger charge is -2.19. The Kier molecular flexibility index (Phi) is 4.61. The van der Waals surface area contributed by atoms with Crippen molar-refractivity contribution in [3.05, 3.63) is 54.4 Å². The molecule has 0 unspecified atom stereocenters. The Bertz CT molecular complexity index is 515. The van der Waals surface area contributed by atoms with Crippen LogP contribution in [-0.4, -0.2) is 11.5 Å². The third kappa shape index (κ3) is 4.92. The fourth-order valence-corrected chi connectivity index (χ4v) is 1.69. The van der Waals surface area contributed by atoms with E-state index in [-0.39, 0.29) is 5.41 Å². The van der Waals surface area contributed by atoms with Crippen molar-refractivity contribution in [2.75, 3.05) is 11.9 Å². The number of nitrogens with zero attached hydrogens (tertiary/aromatic N) is 1. The standard InChI is InChI=1S/C17H22N2O/c1-17(2,3)13-19-15-6-8-16(9-7-15)20-12-14-5-4-10-18-11-14/h4-11,19H,12-13H2,1-3H3. The molecule has 106 valence electrons. The summed E-state index contributed by atoms with van der Waals surface area (Å²) in [5.74, 6) is 0.871. The lowest BCUT2D eigenvalue weighted by Crippen LogP contribution is -2.18. The van der Waals surface area contributed by atoms with Crippen LogP contribution >= 0.6 is 0 Å². The molecule has 0 radical (unpaired) electrons. The summed E-state index contributed by atoms with van der Waals surface area (Å²) in [6.07, 6.45) is 3.58. The first-order valence-corrected chi connectivity index (χ1v) is 6.89. The molecule has 0 atom stereocenters. The largest absolute Gasteiger partial charge is 0.489 e. The van der Waals surface area contributed by atoms with Gasteiger partial charge in [0, 0.05) is 30.2 Å². The molecule has 1 heterocycles. The maximum Gasteiger partial charge on any atom is 0.119 e. The van der Waals surface area contributed by atoms with Crippen LogP contribution in [0.4, 0.5) is 5.69 Å². The van der Waals surface area contributed by atoms with E-state index in [1.807, 2.05) is 42.6 Å². The van der Waals surface area contributed by atoms with E-state index in [0.717, 1.165) is 23.5 Å². The van der Waals surface area contributed by atoms with Crippen LogP contribution in [0.3, 0.4) is 0 Å². The normalized spacial score (nSPS) is 11.2. The second-order valence-corrected chi connectivity index (χ2v) is 6.09. The molecule has 2 rings (SSSR count). The molecule has 0 aliphatic carbocycles. The number of rotatable bonds is 5. The molecule has 1 aromatic carbocycles. The second-order valence-electron chi connectivity index (χ2n) is 6.09. The third-order valence-electron chi connectivity index (χ3n) is 2.81. The number of benzene rings is 1. The number of pyridine rings is 1. The van der Waals surface area contributed by atoms with Crippen LogP contribution in [0.2, 0.25) is 0 Å². The quantitative estimate of drug-likeness (QED) is 0.887. The van der Waals surface area contributed by atoms with Crippen molar-refractivity contribution in [1.29, 1.82) is 0 Å². The Hall–Kier alpha value is -2.03. The zero-order valence-electron chi connectivity index (χ0n) is 12.4. The average Bonchev–Trinajstić information content (AvgIpc) is 2.44. The van der Waals surface area contributed by atoms with Crippen LogP contribution in [0.5, 0.6) is 5.75 Å². The zero-order chi connectivity index (χ0) is 14.4. The topological polar surface area (TPSA) is 34.1 Å². The van der Waals surface area contributed by atoms with Gasteiger partial charge in [-0.15, -0.1) is 0 Å². The van der Waals surface area contributed by atoms with Crippen molar-refractivity contribution >= 4 is 5.69 Å². The second kappa shape index (κ2) is 6.42.